The van der Waals surface area contributed by atoms with E-state index in [9.17, 15) is 14.4 Å². The molecule has 0 bridgehead atoms. The molecule has 1 fully saturated rings. The molecule has 0 aromatic heterocycles. The van der Waals surface area contributed by atoms with E-state index in [2.05, 4.69) is 5.32 Å². The van der Waals surface area contributed by atoms with Crippen LogP contribution in [0.3, 0.4) is 0 Å². The highest BCUT2D eigenvalue weighted by Gasteiger charge is 2.40. The topological polar surface area (TPSA) is 84.9 Å². The third kappa shape index (κ3) is 7.61. The Hall–Kier alpha value is -3.35. The lowest BCUT2D eigenvalue weighted by atomic mass is 9.92. The summed E-state index contributed by atoms with van der Waals surface area (Å²) in [4.78, 5) is 39.3. The summed E-state index contributed by atoms with van der Waals surface area (Å²) in [6.45, 7) is 6.00. The number of benzene rings is 2. The molecule has 2 aromatic rings. The molecule has 0 saturated carbocycles. The number of amides is 3. The highest BCUT2D eigenvalue weighted by atomic mass is 16.6. The van der Waals surface area contributed by atoms with Crippen LogP contribution in [-0.4, -0.2) is 47.8 Å². The average molecular weight is 467 g/mol. The fourth-order valence-corrected chi connectivity index (χ4v) is 4.03. The van der Waals surface area contributed by atoms with Gasteiger partial charge in [-0.1, -0.05) is 60.7 Å². The number of hydrogen-bond acceptors (Lipinski definition) is 5. The summed E-state index contributed by atoms with van der Waals surface area (Å²) in [7, 11) is 0. The first-order valence-corrected chi connectivity index (χ1v) is 11.8. The Kier molecular flexibility index (Phi) is 8.68. The standard InChI is InChI=1S/C27H34N2O5/c1-27(2,3)34-25(31)28-16-10-15-22(17-20-11-6-4-7-12-20)24(30)29-23(19-33-26(29)32)18-21-13-8-5-9-14-21/h4-9,11-14,22-23H,10,15-19H2,1-3H3,(H,28,31)/t22-,23?/m1/s1. The molecule has 7 nitrogen and oxygen atoms in total. The minimum atomic E-state index is -0.587. The van der Waals surface area contributed by atoms with Crippen molar-refractivity contribution in [2.24, 2.45) is 5.92 Å². The quantitative estimate of drug-likeness (QED) is 0.540. The number of nitrogens with one attached hydrogen (secondary N) is 1. The number of rotatable bonds is 9. The van der Waals surface area contributed by atoms with Gasteiger partial charge in [0.2, 0.25) is 5.91 Å². The van der Waals surface area contributed by atoms with Crippen molar-refractivity contribution in [3.05, 3.63) is 71.8 Å². The van der Waals surface area contributed by atoms with Crippen LogP contribution in [0.4, 0.5) is 9.59 Å². The van der Waals surface area contributed by atoms with Crippen molar-refractivity contribution in [3.63, 3.8) is 0 Å². The maximum absolute atomic E-state index is 13.6. The van der Waals surface area contributed by atoms with Crippen LogP contribution in [0.5, 0.6) is 0 Å². The van der Waals surface area contributed by atoms with Crippen molar-refractivity contribution in [1.82, 2.24) is 10.2 Å². The maximum atomic E-state index is 13.6. The van der Waals surface area contributed by atoms with Crippen molar-refractivity contribution in [2.45, 2.75) is 58.1 Å². The molecule has 1 heterocycles. The van der Waals surface area contributed by atoms with Crippen LogP contribution in [0, 0.1) is 5.92 Å². The highest BCUT2D eigenvalue weighted by molar-refractivity contribution is 5.95. The molecule has 34 heavy (non-hydrogen) atoms. The largest absolute Gasteiger partial charge is 0.447 e. The van der Waals surface area contributed by atoms with Gasteiger partial charge in [0.1, 0.15) is 12.2 Å². The van der Waals surface area contributed by atoms with E-state index in [1.807, 2.05) is 81.4 Å². The van der Waals surface area contributed by atoms with Gasteiger partial charge in [0, 0.05) is 12.5 Å². The summed E-state index contributed by atoms with van der Waals surface area (Å²) in [5.74, 6) is -0.642. The second-order valence-corrected chi connectivity index (χ2v) is 9.59. The van der Waals surface area contributed by atoms with E-state index in [0.717, 1.165) is 11.1 Å². The normalized spacial score (nSPS) is 16.6. The van der Waals surface area contributed by atoms with Crippen LogP contribution in [0.25, 0.3) is 0 Å². The van der Waals surface area contributed by atoms with E-state index < -0.39 is 23.7 Å². The van der Waals surface area contributed by atoms with Crippen LogP contribution in [0.2, 0.25) is 0 Å². The average Bonchev–Trinajstić information content (AvgIpc) is 3.15. The molecule has 2 atom stereocenters. The van der Waals surface area contributed by atoms with Crippen molar-refractivity contribution in [2.75, 3.05) is 13.2 Å². The van der Waals surface area contributed by atoms with Gasteiger partial charge in [0.25, 0.3) is 0 Å². The van der Waals surface area contributed by atoms with Crippen LogP contribution < -0.4 is 5.32 Å². The molecule has 0 radical (unpaired) electrons. The second kappa shape index (κ2) is 11.7. The fraction of sp³-hybridized carbons (Fsp3) is 0.444. The predicted octanol–water partition coefficient (Wildman–Crippen LogP) is 4.74. The first-order valence-electron chi connectivity index (χ1n) is 11.8. The van der Waals surface area contributed by atoms with Gasteiger partial charge in [-0.3, -0.25) is 4.79 Å². The molecule has 3 amide bonds. The Morgan fingerprint density at radius 3 is 2.29 bits per heavy atom. The number of carbonyl (C=O) groups is 3. The van der Waals surface area contributed by atoms with Gasteiger partial charge in [0.05, 0.1) is 6.04 Å². The van der Waals surface area contributed by atoms with Gasteiger partial charge in [0.15, 0.2) is 0 Å². The van der Waals surface area contributed by atoms with Crippen LogP contribution in [-0.2, 0) is 27.1 Å². The van der Waals surface area contributed by atoms with Crippen molar-refractivity contribution < 1.29 is 23.9 Å². The van der Waals surface area contributed by atoms with E-state index >= 15 is 0 Å². The van der Waals surface area contributed by atoms with Crippen molar-refractivity contribution in [1.29, 1.82) is 0 Å². The number of hydrogen-bond donors (Lipinski definition) is 1. The lowest BCUT2D eigenvalue weighted by Gasteiger charge is -2.25. The third-order valence-electron chi connectivity index (χ3n) is 5.58. The summed E-state index contributed by atoms with van der Waals surface area (Å²) in [6, 6.07) is 19.2. The second-order valence-electron chi connectivity index (χ2n) is 9.59. The van der Waals surface area contributed by atoms with Crippen LogP contribution in [0.1, 0.15) is 44.7 Å². The Labute approximate surface area is 201 Å². The first-order chi connectivity index (χ1) is 16.2. The minimum Gasteiger partial charge on any atom is -0.447 e. The number of alkyl carbamates (subject to hydrolysis) is 1. The minimum absolute atomic E-state index is 0.192. The number of ether oxygens (including phenoxy) is 2. The number of imide groups is 1. The molecule has 0 aliphatic carbocycles. The van der Waals surface area contributed by atoms with E-state index in [4.69, 9.17) is 9.47 Å². The molecule has 1 saturated heterocycles. The molecular formula is C27H34N2O5. The van der Waals surface area contributed by atoms with E-state index in [0.29, 0.717) is 32.2 Å². The van der Waals surface area contributed by atoms with E-state index in [-0.39, 0.29) is 18.6 Å². The monoisotopic (exact) mass is 466 g/mol. The number of cyclic esters (lactones) is 1. The molecule has 0 spiro atoms. The van der Waals surface area contributed by atoms with Crippen molar-refractivity contribution in [3.8, 4) is 0 Å². The zero-order chi connectivity index (χ0) is 24.6. The molecular weight excluding hydrogens is 432 g/mol. The Balaban J connectivity index is 1.66. The Morgan fingerprint density at radius 1 is 1.06 bits per heavy atom. The molecule has 182 valence electrons. The molecule has 7 heteroatoms. The van der Waals surface area contributed by atoms with Gasteiger partial charge in [-0.15, -0.1) is 0 Å². The van der Waals surface area contributed by atoms with Gasteiger partial charge < -0.3 is 14.8 Å². The predicted molar refractivity (Wildman–Crippen MR) is 129 cm³/mol. The van der Waals surface area contributed by atoms with Gasteiger partial charge in [-0.2, -0.15) is 0 Å². The van der Waals surface area contributed by atoms with Crippen LogP contribution in [0.15, 0.2) is 60.7 Å². The third-order valence-corrected chi connectivity index (χ3v) is 5.58. The summed E-state index contributed by atoms with van der Waals surface area (Å²) < 4.78 is 10.5. The smallest absolute Gasteiger partial charge is 0.416 e. The van der Waals surface area contributed by atoms with Gasteiger partial charge >= 0.3 is 12.2 Å². The lowest BCUT2D eigenvalue weighted by molar-refractivity contribution is -0.133. The Morgan fingerprint density at radius 2 is 1.68 bits per heavy atom. The number of nitrogens with zero attached hydrogens (tertiary/aromatic N) is 1. The van der Waals surface area contributed by atoms with Crippen LogP contribution >= 0.6 is 0 Å². The first kappa shape index (κ1) is 25.3. The summed E-state index contributed by atoms with van der Waals surface area (Å²) in [5.41, 5.74) is 1.50. The summed E-state index contributed by atoms with van der Waals surface area (Å²) in [6.07, 6.45) is 1.09. The summed E-state index contributed by atoms with van der Waals surface area (Å²) in [5, 5.41) is 2.74. The Bertz CT molecular complexity index is 956. The zero-order valence-electron chi connectivity index (χ0n) is 20.2. The van der Waals surface area contributed by atoms with Gasteiger partial charge in [-0.05, 0) is 57.6 Å². The summed E-state index contributed by atoms with van der Waals surface area (Å²) >= 11 is 0. The molecule has 1 N–H and O–H groups in total. The SMILES string of the molecule is CC(C)(C)OC(=O)NCCC[C@H](Cc1ccccc1)C(=O)N1C(=O)OCC1Cc1ccccc1. The molecule has 3 rings (SSSR count). The number of carbonyl (C=O) groups excluding carboxylic acids is 3. The van der Waals surface area contributed by atoms with Gasteiger partial charge in [-0.25, -0.2) is 14.5 Å². The van der Waals surface area contributed by atoms with Crippen molar-refractivity contribution >= 4 is 18.1 Å². The maximum Gasteiger partial charge on any atom is 0.416 e. The molecule has 1 aliphatic rings. The lowest BCUT2D eigenvalue weighted by Crippen LogP contribution is -2.44. The molecule has 2 aromatic carbocycles. The fourth-order valence-electron chi connectivity index (χ4n) is 4.03. The molecule has 1 unspecified atom stereocenters. The van der Waals surface area contributed by atoms with E-state index in [1.54, 1.807) is 0 Å². The molecule has 1 aliphatic heterocycles. The zero-order valence-corrected chi connectivity index (χ0v) is 20.2. The van der Waals surface area contributed by atoms with E-state index in [1.165, 1.54) is 4.90 Å². The highest BCUT2D eigenvalue weighted by Crippen LogP contribution is 2.24.